The van der Waals surface area contributed by atoms with Crippen molar-refractivity contribution >= 4 is 91.7 Å². The van der Waals surface area contributed by atoms with E-state index in [9.17, 15) is 0 Å². The molecule has 0 N–H and O–H groups in total. The van der Waals surface area contributed by atoms with Crippen LogP contribution in [0, 0.1) is 0 Å². The van der Waals surface area contributed by atoms with E-state index >= 15 is 0 Å². The second-order valence-electron chi connectivity index (χ2n) is 12.5. The lowest BCUT2D eigenvalue weighted by Crippen LogP contribution is -2.10. The molecule has 0 aliphatic carbocycles. The fourth-order valence-corrected chi connectivity index (χ4v) is 8.81. The van der Waals surface area contributed by atoms with Crippen molar-refractivity contribution in [3.05, 3.63) is 176 Å². The van der Waals surface area contributed by atoms with E-state index in [4.69, 9.17) is 0 Å². The van der Waals surface area contributed by atoms with E-state index in [-0.39, 0.29) is 0 Å². The molecule has 224 valence electrons. The Morgan fingerprint density at radius 2 is 0.896 bits per heavy atom. The molecular formula is C46H29NS. The maximum Gasteiger partial charge on any atom is 0.0547 e. The molecule has 0 saturated carbocycles. The minimum absolute atomic E-state index is 1.14. The summed E-state index contributed by atoms with van der Waals surface area (Å²) in [5.41, 5.74) is 6.01. The largest absolute Gasteiger partial charge is 0.310 e. The molecule has 0 unspecified atom stereocenters. The smallest absolute Gasteiger partial charge is 0.0547 e. The van der Waals surface area contributed by atoms with Crippen LogP contribution in [0.5, 0.6) is 0 Å². The van der Waals surface area contributed by atoms with E-state index in [1.165, 1.54) is 80.1 Å². The number of hydrogen-bond acceptors (Lipinski definition) is 2. The van der Waals surface area contributed by atoms with Crippen molar-refractivity contribution < 1.29 is 0 Å². The number of fused-ring (bicyclic) bond motifs is 8. The molecule has 48 heavy (non-hydrogen) atoms. The molecule has 0 amide bonds. The van der Waals surface area contributed by atoms with Gasteiger partial charge in [-0.05, 0) is 79.8 Å². The SMILES string of the molecule is c1ccc2cc(N(c3ccc4ccccc4c3)c3cc4c(sc5cccc(-c6cccc7ccccc67)c54)c4ccccc34)ccc2c1. The molecule has 0 atom stereocenters. The highest BCUT2D eigenvalue weighted by Crippen LogP contribution is 2.49. The lowest BCUT2D eigenvalue weighted by atomic mass is 9.93. The summed E-state index contributed by atoms with van der Waals surface area (Å²) < 4.78 is 2.63. The summed E-state index contributed by atoms with van der Waals surface area (Å²) in [6.07, 6.45) is 0. The average Bonchev–Trinajstić information content (AvgIpc) is 3.54. The predicted octanol–water partition coefficient (Wildman–Crippen LogP) is 13.8. The van der Waals surface area contributed by atoms with Crippen molar-refractivity contribution in [3.8, 4) is 11.1 Å². The van der Waals surface area contributed by atoms with Crippen LogP contribution >= 0.6 is 11.3 Å². The summed E-state index contributed by atoms with van der Waals surface area (Å²) in [4.78, 5) is 2.46. The molecule has 0 fully saturated rings. The van der Waals surface area contributed by atoms with Crippen molar-refractivity contribution in [1.82, 2.24) is 0 Å². The molecule has 0 radical (unpaired) electrons. The van der Waals surface area contributed by atoms with Crippen molar-refractivity contribution in [2.45, 2.75) is 0 Å². The van der Waals surface area contributed by atoms with Gasteiger partial charge in [-0.1, -0.05) is 140 Å². The monoisotopic (exact) mass is 627 g/mol. The zero-order chi connectivity index (χ0) is 31.6. The first-order chi connectivity index (χ1) is 23.8. The van der Waals surface area contributed by atoms with Gasteiger partial charge in [0.1, 0.15) is 0 Å². The Balaban J connectivity index is 1.32. The van der Waals surface area contributed by atoms with Gasteiger partial charge in [0.2, 0.25) is 0 Å². The third-order valence-corrected chi connectivity index (χ3v) is 11.0. The Morgan fingerprint density at radius 1 is 0.354 bits per heavy atom. The zero-order valence-electron chi connectivity index (χ0n) is 26.1. The van der Waals surface area contributed by atoms with Crippen LogP contribution in [0.15, 0.2) is 176 Å². The van der Waals surface area contributed by atoms with Crippen LogP contribution in [0.4, 0.5) is 17.1 Å². The quantitative estimate of drug-likeness (QED) is 0.188. The van der Waals surface area contributed by atoms with E-state index in [1.807, 2.05) is 11.3 Å². The summed E-state index contributed by atoms with van der Waals surface area (Å²) in [5.74, 6) is 0. The molecule has 9 aromatic carbocycles. The topological polar surface area (TPSA) is 3.24 Å². The van der Waals surface area contributed by atoms with E-state index in [1.54, 1.807) is 0 Å². The van der Waals surface area contributed by atoms with Crippen LogP contribution in [-0.2, 0) is 0 Å². The maximum absolute atomic E-state index is 2.46. The predicted molar refractivity (Wildman–Crippen MR) is 209 cm³/mol. The molecule has 0 aliphatic rings. The molecule has 0 saturated heterocycles. The second-order valence-corrected chi connectivity index (χ2v) is 13.6. The van der Waals surface area contributed by atoms with Crippen LogP contribution in [0.3, 0.4) is 0 Å². The van der Waals surface area contributed by atoms with Gasteiger partial charge in [-0.15, -0.1) is 11.3 Å². The molecule has 1 heterocycles. The first-order valence-electron chi connectivity index (χ1n) is 16.4. The highest BCUT2D eigenvalue weighted by atomic mass is 32.1. The Labute approximate surface area is 282 Å². The molecule has 0 bridgehead atoms. The second kappa shape index (κ2) is 10.8. The summed E-state index contributed by atoms with van der Waals surface area (Å²) >= 11 is 1.90. The van der Waals surface area contributed by atoms with Gasteiger partial charge in [-0.2, -0.15) is 0 Å². The van der Waals surface area contributed by atoms with Gasteiger partial charge in [-0.3, -0.25) is 0 Å². The van der Waals surface area contributed by atoms with E-state index < -0.39 is 0 Å². The summed E-state index contributed by atoms with van der Waals surface area (Å²) in [6.45, 7) is 0. The highest BCUT2D eigenvalue weighted by molar-refractivity contribution is 7.26. The number of rotatable bonds is 4. The molecule has 1 nitrogen and oxygen atoms in total. The van der Waals surface area contributed by atoms with Gasteiger partial charge in [0.15, 0.2) is 0 Å². The highest BCUT2D eigenvalue weighted by Gasteiger charge is 2.21. The van der Waals surface area contributed by atoms with Crippen molar-refractivity contribution in [1.29, 1.82) is 0 Å². The van der Waals surface area contributed by atoms with Gasteiger partial charge in [-0.25, -0.2) is 0 Å². The van der Waals surface area contributed by atoms with Gasteiger partial charge in [0, 0.05) is 42.3 Å². The first-order valence-corrected chi connectivity index (χ1v) is 17.2. The van der Waals surface area contributed by atoms with Crippen molar-refractivity contribution in [2.24, 2.45) is 0 Å². The molecule has 1 aromatic heterocycles. The number of anilines is 3. The van der Waals surface area contributed by atoms with Gasteiger partial charge in [0.05, 0.1) is 5.69 Å². The lowest BCUT2D eigenvalue weighted by molar-refractivity contribution is 1.31. The molecular weight excluding hydrogens is 599 g/mol. The Hall–Kier alpha value is -5.96. The molecule has 2 heteroatoms. The Morgan fingerprint density at radius 3 is 1.60 bits per heavy atom. The summed E-state index contributed by atoms with van der Waals surface area (Å²) in [5, 5.41) is 12.6. The first kappa shape index (κ1) is 27.2. The summed E-state index contributed by atoms with van der Waals surface area (Å²) in [7, 11) is 0. The lowest BCUT2D eigenvalue weighted by Gasteiger charge is -2.28. The van der Waals surface area contributed by atoms with Crippen LogP contribution in [0.1, 0.15) is 0 Å². The van der Waals surface area contributed by atoms with Gasteiger partial charge < -0.3 is 4.90 Å². The fourth-order valence-electron chi connectivity index (χ4n) is 7.56. The van der Waals surface area contributed by atoms with Crippen LogP contribution in [-0.4, -0.2) is 0 Å². The fraction of sp³-hybridized carbons (Fsp3) is 0. The normalized spacial score (nSPS) is 11.8. The number of thiophene rings is 1. The van der Waals surface area contributed by atoms with Crippen LogP contribution in [0.2, 0.25) is 0 Å². The molecule has 10 aromatic rings. The van der Waals surface area contributed by atoms with Gasteiger partial charge in [0.25, 0.3) is 0 Å². The standard InChI is InChI=1S/C46H29NS/c1-3-14-33-27-35(25-23-30(33)11-1)47(36-26-24-31-12-2-4-15-34(31)28-36)43-29-42-45-40(38-20-9-16-32-13-5-6-17-37(32)38)21-10-22-44(45)48-46(42)41-19-8-7-18-39(41)43/h1-29H. The van der Waals surface area contributed by atoms with Crippen LogP contribution in [0.25, 0.3) is 74.4 Å². The molecule has 10 rings (SSSR count). The molecule has 0 spiro atoms. The third-order valence-electron chi connectivity index (χ3n) is 9.78. The van der Waals surface area contributed by atoms with Gasteiger partial charge >= 0.3 is 0 Å². The third kappa shape index (κ3) is 4.24. The van der Waals surface area contributed by atoms with E-state index in [0.29, 0.717) is 0 Å². The van der Waals surface area contributed by atoms with E-state index in [2.05, 4.69) is 181 Å². The number of hydrogen-bond donors (Lipinski definition) is 0. The minimum Gasteiger partial charge on any atom is -0.310 e. The zero-order valence-corrected chi connectivity index (χ0v) is 26.9. The number of nitrogens with zero attached hydrogens (tertiary/aromatic N) is 1. The average molecular weight is 628 g/mol. The Bertz CT molecular complexity index is 2780. The van der Waals surface area contributed by atoms with Crippen LogP contribution < -0.4 is 4.90 Å². The van der Waals surface area contributed by atoms with E-state index in [0.717, 1.165) is 11.4 Å². The van der Waals surface area contributed by atoms with Crippen molar-refractivity contribution in [2.75, 3.05) is 4.90 Å². The number of benzene rings is 9. The minimum atomic E-state index is 1.14. The summed E-state index contributed by atoms with van der Waals surface area (Å²) in [6, 6.07) is 64.6. The molecule has 0 aliphatic heterocycles. The Kier molecular flexibility index (Phi) is 6.12. The maximum atomic E-state index is 2.46. The van der Waals surface area contributed by atoms with Crippen molar-refractivity contribution in [3.63, 3.8) is 0 Å².